The first-order chi connectivity index (χ1) is 66.9. The maximum absolute atomic E-state index is 5.36. The molecule has 0 radical (unpaired) electrons. The lowest BCUT2D eigenvalue weighted by molar-refractivity contribution is 0.621. The molecule has 0 atom stereocenters. The van der Waals surface area contributed by atoms with E-state index < -0.39 is 5.41 Å². The van der Waals surface area contributed by atoms with Gasteiger partial charge in [-0.3, -0.25) is 13.7 Å². The van der Waals surface area contributed by atoms with Crippen molar-refractivity contribution in [2.24, 2.45) is 0 Å². The van der Waals surface area contributed by atoms with Crippen molar-refractivity contribution in [2.75, 3.05) is 0 Å². The van der Waals surface area contributed by atoms with Crippen molar-refractivity contribution in [1.29, 1.82) is 0 Å². The van der Waals surface area contributed by atoms with Gasteiger partial charge < -0.3 is 0 Å². The van der Waals surface area contributed by atoms with Gasteiger partial charge in [0.2, 0.25) is 0 Å². The summed E-state index contributed by atoms with van der Waals surface area (Å²) in [6.45, 7) is 9.04. The number of rotatable bonds is 14. The van der Waals surface area contributed by atoms with Crippen LogP contribution in [0.2, 0.25) is 0 Å². The summed E-state index contributed by atoms with van der Waals surface area (Å²) in [5.74, 6) is 9.02. The zero-order chi connectivity index (χ0) is 91.0. The van der Waals surface area contributed by atoms with Crippen molar-refractivity contribution in [3.8, 4) is 153 Å². The van der Waals surface area contributed by atoms with Crippen LogP contribution < -0.4 is 0 Å². The molecule has 17 aromatic carbocycles. The molecular weight excluding hydrogens is 1660 g/mol. The van der Waals surface area contributed by atoms with Crippen LogP contribution in [0.15, 0.2) is 443 Å². The number of hydrogen-bond donors (Lipinski definition) is 0. The molecule has 3 aliphatic rings. The van der Waals surface area contributed by atoms with Gasteiger partial charge in [0, 0.05) is 61.2 Å². The number of para-hydroxylation sites is 7. The smallest absolute Gasteiger partial charge is 0.164 e. The van der Waals surface area contributed by atoms with Gasteiger partial charge in [-0.15, -0.1) is 0 Å². The summed E-state index contributed by atoms with van der Waals surface area (Å²) in [6.07, 6.45) is 0. The third-order valence-corrected chi connectivity index (χ3v) is 26.5. The van der Waals surface area contributed by atoms with Crippen LogP contribution in [0.5, 0.6) is 0 Å². The second-order valence-electron chi connectivity index (χ2n) is 35.5. The van der Waals surface area contributed by atoms with Crippen LogP contribution >= 0.6 is 0 Å². The van der Waals surface area contributed by atoms with Crippen LogP contribution in [0.3, 0.4) is 0 Å². The van der Waals surface area contributed by atoms with E-state index in [-0.39, 0.29) is 10.8 Å². The number of nitrogens with zero attached hydrogens (tertiary/aromatic N) is 15. The van der Waals surface area contributed by atoms with Crippen LogP contribution in [0, 0.1) is 0 Å². The van der Waals surface area contributed by atoms with Crippen LogP contribution in [0.25, 0.3) is 186 Å². The summed E-state index contributed by atoms with van der Waals surface area (Å²) in [7, 11) is 0. The first-order valence-electron chi connectivity index (χ1n) is 45.8. The first kappa shape index (κ1) is 81.4. The molecule has 0 spiro atoms. The Labute approximate surface area is 786 Å². The first-order valence-corrected chi connectivity index (χ1v) is 45.8. The van der Waals surface area contributed by atoms with Crippen molar-refractivity contribution in [2.45, 2.75) is 43.9 Å². The molecule has 6 aromatic heterocycles. The van der Waals surface area contributed by atoms with Gasteiger partial charge in [0.15, 0.2) is 52.4 Å². The molecule has 15 heteroatoms. The maximum Gasteiger partial charge on any atom is 0.164 e. The predicted molar refractivity (Wildman–Crippen MR) is 545 cm³/mol. The summed E-state index contributed by atoms with van der Waals surface area (Å²) in [4.78, 5) is 59.6. The highest BCUT2D eigenvalue weighted by Gasteiger charge is 2.50. The third kappa shape index (κ3) is 14.1. The molecule has 136 heavy (non-hydrogen) atoms. The number of imidazole rings is 3. The molecule has 644 valence electrons. The summed E-state index contributed by atoms with van der Waals surface area (Å²) >= 11 is 0. The molecule has 0 N–H and O–H groups in total. The highest BCUT2D eigenvalue weighted by Crippen LogP contribution is 2.55. The van der Waals surface area contributed by atoms with Gasteiger partial charge >= 0.3 is 0 Å². The maximum atomic E-state index is 5.36. The van der Waals surface area contributed by atoms with E-state index in [1.165, 1.54) is 44.8 Å². The Morgan fingerprint density at radius 1 is 0.184 bits per heavy atom. The number of benzene rings is 17. The third-order valence-electron chi connectivity index (χ3n) is 26.5. The second-order valence-corrected chi connectivity index (χ2v) is 35.5. The van der Waals surface area contributed by atoms with E-state index in [0.29, 0.717) is 52.4 Å². The minimum absolute atomic E-state index is 0.164. The van der Waals surface area contributed by atoms with E-state index in [9.17, 15) is 0 Å². The lowest BCUT2D eigenvalue weighted by Crippen LogP contribution is -2.29. The fourth-order valence-corrected chi connectivity index (χ4v) is 19.8. The Morgan fingerprint density at radius 2 is 0.471 bits per heavy atom. The van der Waals surface area contributed by atoms with Crippen LogP contribution in [-0.4, -0.2) is 73.5 Å². The van der Waals surface area contributed by atoms with E-state index in [2.05, 4.69) is 302 Å². The molecule has 3 aliphatic heterocycles. The zero-order valence-corrected chi connectivity index (χ0v) is 74.9. The molecule has 23 aromatic rings. The molecule has 0 bridgehead atoms. The van der Waals surface area contributed by atoms with E-state index in [4.69, 9.17) is 59.8 Å². The van der Waals surface area contributed by atoms with Crippen molar-refractivity contribution in [3.63, 3.8) is 0 Å². The fourth-order valence-electron chi connectivity index (χ4n) is 19.8. The Kier molecular flexibility index (Phi) is 20.1. The molecule has 0 saturated heterocycles. The van der Waals surface area contributed by atoms with E-state index in [1.54, 1.807) is 0 Å². The topological polar surface area (TPSA) is 169 Å². The Hall–Kier alpha value is -17.8. The van der Waals surface area contributed by atoms with E-state index in [1.807, 2.05) is 182 Å². The Balaban J connectivity index is 0.000000112. The van der Waals surface area contributed by atoms with Gasteiger partial charge in [0.25, 0.3) is 0 Å². The minimum atomic E-state index is -0.612. The van der Waals surface area contributed by atoms with Crippen LogP contribution in [-0.2, 0) is 16.2 Å². The van der Waals surface area contributed by atoms with Crippen molar-refractivity contribution in [3.05, 3.63) is 488 Å². The van der Waals surface area contributed by atoms with Gasteiger partial charge in [-0.2, -0.15) is 0 Å². The molecule has 0 fully saturated rings. The lowest BCUT2D eigenvalue weighted by Gasteiger charge is -2.31. The normalized spacial score (nSPS) is 13.0. The molecule has 0 saturated carbocycles. The highest BCUT2D eigenvalue weighted by atomic mass is 15.2. The lowest BCUT2D eigenvalue weighted by atomic mass is 9.69. The average Bonchev–Trinajstić information content (AvgIpc) is 1.52. The van der Waals surface area contributed by atoms with Crippen LogP contribution in [0.4, 0.5) is 0 Å². The van der Waals surface area contributed by atoms with Gasteiger partial charge in [-0.1, -0.05) is 394 Å². The second kappa shape index (κ2) is 33.5. The van der Waals surface area contributed by atoms with Crippen LogP contribution in [0.1, 0.15) is 73.0 Å². The quantitative estimate of drug-likeness (QED) is 0.101. The van der Waals surface area contributed by atoms with Gasteiger partial charge in [-0.05, 0) is 126 Å². The molecule has 0 unspecified atom stereocenters. The molecule has 0 amide bonds. The summed E-state index contributed by atoms with van der Waals surface area (Å²) in [6, 6.07) is 153. The van der Waals surface area contributed by atoms with E-state index >= 15 is 0 Å². The minimum Gasteiger partial charge on any atom is -0.295 e. The zero-order valence-electron chi connectivity index (χ0n) is 74.9. The molecule has 9 heterocycles. The number of fused-ring (bicyclic) bond motifs is 15. The van der Waals surface area contributed by atoms with Crippen molar-refractivity contribution in [1.82, 2.24) is 73.5 Å². The molecule has 15 nitrogen and oxygen atoms in total. The summed E-state index contributed by atoms with van der Waals surface area (Å²) in [5.41, 5.74) is 30.5. The van der Waals surface area contributed by atoms with Gasteiger partial charge in [0.1, 0.15) is 22.9 Å². The summed E-state index contributed by atoms with van der Waals surface area (Å²) < 4.78 is 7.02. The monoisotopic (exact) mass is 1750 g/mol. The number of aromatic nitrogens is 15. The van der Waals surface area contributed by atoms with Crippen molar-refractivity contribution >= 4 is 33.1 Å². The van der Waals surface area contributed by atoms with Crippen molar-refractivity contribution < 1.29 is 0 Å². The Bertz CT molecular complexity index is 8250. The largest absolute Gasteiger partial charge is 0.295 e. The number of hydrogen-bond acceptors (Lipinski definition) is 12. The standard InChI is InChI=1S/C47H31N5.2C37H27N5/c1-5-15-33(16-6-1)43-49-44(34-17-7-2-8-18-34)51-45(50-43)35-27-25-32(26-28-35)36-29-30-41-39(31-36)47(37-19-9-3-10-20-37,38-21-11-4-12-22-38)46-48-40-23-13-14-24-42(40)52(41)46;1-37(2)29-17-11-16-28(32(29)42-31-19-10-9-18-30(31)38-36(37)42)24-20-22-27(23-21-24)35-40-33(25-12-5-3-6-13-25)39-34(41-35)26-14-7-4-8-15-26;1-37(2)29-17-9-10-18-30(29)42-31-19-11-16-28(32(31)38-36(37)42)24-20-22-27(23-21-24)35-40-33(25-12-5-3-6-13-25)39-34(41-35)26-14-7-4-8-15-26/h1-31H;2*3-23H,1-2H3. The Morgan fingerprint density at radius 3 is 0.904 bits per heavy atom. The SMILES string of the molecule is CC1(C)c2cccc(-c3ccc(-c4nc(-c5ccccc5)nc(-c5ccccc5)n4)cc3)c2-n2c1nc1ccccc12.CC1(C)c2ccccc2-n2c1nc1c(-c3ccc(-c4nc(-c5ccccc5)nc(-c5ccccc5)n4)cc3)cccc12.c1ccc(-c2nc(-c3ccccc3)nc(-c3ccc(-c4ccc5c(c4)C(c4ccccc4)(c4ccccc4)c4nc6ccccc6n4-5)cc3)n2)cc1. The molecular formula is C121H85N15. The fraction of sp³-hybridized carbons (Fsp3) is 0.0579. The summed E-state index contributed by atoms with van der Waals surface area (Å²) in [5, 5.41) is 0. The highest BCUT2D eigenvalue weighted by molar-refractivity contribution is 5.96. The molecule has 26 rings (SSSR count). The van der Waals surface area contributed by atoms with Gasteiger partial charge in [0.05, 0.1) is 61.0 Å². The van der Waals surface area contributed by atoms with E-state index in [0.717, 1.165) is 134 Å². The average molecular weight is 1750 g/mol. The van der Waals surface area contributed by atoms with Gasteiger partial charge in [-0.25, -0.2) is 59.8 Å². The predicted octanol–water partition coefficient (Wildman–Crippen LogP) is 27.6. The molecule has 0 aliphatic carbocycles.